The van der Waals surface area contributed by atoms with Crippen LogP contribution >= 0.6 is 15.9 Å². The lowest BCUT2D eigenvalue weighted by Crippen LogP contribution is -2.49. The van der Waals surface area contributed by atoms with Gasteiger partial charge in [-0.05, 0) is 28.1 Å². The molecule has 1 aliphatic rings. The van der Waals surface area contributed by atoms with Crippen molar-refractivity contribution < 1.29 is 0 Å². The summed E-state index contributed by atoms with van der Waals surface area (Å²) in [6, 6.07) is 5.78. The third kappa shape index (κ3) is 2.61. The number of hydrogen-bond acceptors (Lipinski definition) is 4. The highest BCUT2D eigenvalue weighted by molar-refractivity contribution is 9.10. The Morgan fingerprint density at radius 2 is 2.21 bits per heavy atom. The Balaban J connectivity index is 1.56. The van der Waals surface area contributed by atoms with Gasteiger partial charge in [-0.15, -0.1) is 0 Å². The van der Waals surface area contributed by atoms with E-state index in [1.165, 1.54) is 0 Å². The quantitative estimate of drug-likeness (QED) is 0.869. The molecular weight excluding hydrogens is 306 g/mol. The Morgan fingerprint density at radius 3 is 2.79 bits per heavy atom. The molecule has 96 valence electrons. The number of nitrogens with zero attached hydrogens (tertiary/aromatic N) is 5. The minimum absolute atomic E-state index is 0.599. The molecule has 0 atom stereocenters. The van der Waals surface area contributed by atoms with Crippen LogP contribution in [0.1, 0.15) is 5.56 Å². The predicted molar refractivity (Wildman–Crippen MR) is 74.6 cm³/mol. The smallest absolute Gasteiger partial charge is 0.128 e. The zero-order valence-corrected chi connectivity index (χ0v) is 11.8. The topological polar surface area (TPSA) is 57.7 Å². The molecule has 0 unspecified atom stereocenters. The van der Waals surface area contributed by atoms with Crippen LogP contribution in [-0.2, 0) is 6.54 Å². The van der Waals surface area contributed by atoms with E-state index in [0.29, 0.717) is 11.5 Å². The molecule has 0 amide bonds. The number of pyridine rings is 1. The zero-order chi connectivity index (χ0) is 13.2. The molecule has 0 radical (unpaired) electrons. The Morgan fingerprint density at radius 1 is 1.37 bits per heavy atom. The highest BCUT2D eigenvalue weighted by atomic mass is 79.9. The number of anilines is 1. The monoisotopic (exact) mass is 317 g/mol. The SMILES string of the molecule is N#Cc1ccc(N2CC(Cn3cc(Br)cn3)C2)nc1. The molecule has 6 heteroatoms. The van der Waals surface area contributed by atoms with Crippen LogP contribution in [0.4, 0.5) is 5.82 Å². The van der Waals surface area contributed by atoms with Crippen molar-refractivity contribution in [1.29, 1.82) is 5.26 Å². The standard InChI is InChI=1S/C13H12BrN5/c14-12-5-17-19(9-12)8-11-6-18(7-11)13-2-1-10(3-15)4-16-13/h1-2,4-5,9,11H,6-8H2. The van der Waals surface area contributed by atoms with Crippen LogP contribution in [0.3, 0.4) is 0 Å². The molecule has 19 heavy (non-hydrogen) atoms. The summed E-state index contributed by atoms with van der Waals surface area (Å²) in [5.74, 6) is 1.54. The number of halogens is 1. The van der Waals surface area contributed by atoms with E-state index in [4.69, 9.17) is 5.26 Å². The fourth-order valence-electron chi connectivity index (χ4n) is 2.21. The molecule has 1 aliphatic heterocycles. The summed E-state index contributed by atoms with van der Waals surface area (Å²) in [5.41, 5.74) is 0.599. The number of rotatable bonds is 3. The molecule has 0 N–H and O–H groups in total. The molecule has 2 aromatic rings. The molecule has 0 saturated carbocycles. The summed E-state index contributed by atoms with van der Waals surface area (Å²) in [4.78, 5) is 6.50. The summed E-state index contributed by atoms with van der Waals surface area (Å²) < 4.78 is 2.97. The lowest BCUT2D eigenvalue weighted by atomic mass is 10.0. The van der Waals surface area contributed by atoms with Gasteiger partial charge in [0.05, 0.1) is 16.2 Å². The molecule has 1 saturated heterocycles. The third-order valence-electron chi connectivity index (χ3n) is 3.21. The fourth-order valence-corrected chi connectivity index (χ4v) is 2.54. The Kier molecular flexibility index (Phi) is 3.22. The maximum absolute atomic E-state index is 8.73. The van der Waals surface area contributed by atoms with Crippen molar-refractivity contribution in [2.45, 2.75) is 6.54 Å². The van der Waals surface area contributed by atoms with Crippen molar-refractivity contribution in [2.75, 3.05) is 18.0 Å². The third-order valence-corrected chi connectivity index (χ3v) is 3.61. The molecule has 3 rings (SSSR count). The number of aromatic nitrogens is 3. The molecule has 5 nitrogen and oxygen atoms in total. The molecule has 0 aliphatic carbocycles. The van der Waals surface area contributed by atoms with E-state index in [2.05, 4.69) is 37.0 Å². The van der Waals surface area contributed by atoms with E-state index in [1.54, 1.807) is 18.5 Å². The molecule has 2 aromatic heterocycles. The van der Waals surface area contributed by atoms with Crippen molar-refractivity contribution in [3.05, 3.63) is 40.8 Å². The van der Waals surface area contributed by atoms with Crippen LogP contribution in [0, 0.1) is 17.2 Å². The van der Waals surface area contributed by atoms with Gasteiger partial charge in [0.25, 0.3) is 0 Å². The average molecular weight is 318 g/mol. The van der Waals surface area contributed by atoms with E-state index in [0.717, 1.165) is 29.9 Å². The van der Waals surface area contributed by atoms with Crippen molar-refractivity contribution in [1.82, 2.24) is 14.8 Å². The average Bonchev–Trinajstić information content (AvgIpc) is 2.79. The minimum atomic E-state index is 0.599. The molecule has 3 heterocycles. The summed E-state index contributed by atoms with van der Waals surface area (Å²) in [5, 5.41) is 13.0. The van der Waals surface area contributed by atoms with Gasteiger partial charge in [-0.1, -0.05) is 0 Å². The normalized spacial score (nSPS) is 15.1. The van der Waals surface area contributed by atoms with E-state index < -0.39 is 0 Å². The zero-order valence-electron chi connectivity index (χ0n) is 10.2. The minimum Gasteiger partial charge on any atom is -0.356 e. The first kappa shape index (κ1) is 12.2. The van der Waals surface area contributed by atoms with Gasteiger partial charge in [0, 0.05) is 37.9 Å². The fraction of sp³-hybridized carbons (Fsp3) is 0.308. The second kappa shape index (κ2) is 5.02. The predicted octanol–water partition coefficient (Wildman–Crippen LogP) is 2.05. The van der Waals surface area contributed by atoms with E-state index >= 15 is 0 Å². The molecule has 0 aromatic carbocycles. The Labute approximate surface area is 119 Å². The molecule has 0 bridgehead atoms. The lowest BCUT2D eigenvalue weighted by Gasteiger charge is -2.40. The van der Waals surface area contributed by atoms with Crippen LogP contribution in [0.25, 0.3) is 0 Å². The summed E-state index contributed by atoms with van der Waals surface area (Å²) in [6.45, 7) is 2.89. The summed E-state index contributed by atoms with van der Waals surface area (Å²) in [7, 11) is 0. The van der Waals surface area contributed by atoms with Gasteiger partial charge in [0.15, 0.2) is 0 Å². The summed E-state index contributed by atoms with van der Waals surface area (Å²) >= 11 is 3.39. The van der Waals surface area contributed by atoms with Crippen LogP contribution in [-0.4, -0.2) is 27.9 Å². The van der Waals surface area contributed by atoms with E-state index in [1.807, 2.05) is 16.9 Å². The van der Waals surface area contributed by atoms with Gasteiger partial charge in [0.1, 0.15) is 11.9 Å². The van der Waals surface area contributed by atoms with Crippen molar-refractivity contribution in [2.24, 2.45) is 5.92 Å². The second-order valence-electron chi connectivity index (χ2n) is 4.67. The summed E-state index contributed by atoms with van der Waals surface area (Å²) in [6.07, 6.45) is 5.41. The van der Waals surface area contributed by atoms with Crippen molar-refractivity contribution >= 4 is 21.7 Å². The van der Waals surface area contributed by atoms with Crippen LogP contribution < -0.4 is 4.90 Å². The second-order valence-corrected chi connectivity index (χ2v) is 5.58. The molecular formula is C13H12BrN5. The maximum atomic E-state index is 8.73. The maximum Gasteiger partial charge on any atom is 0.128 e. The van der Waals surface area contributed by atoms with Gasteiger partial charge in [-0.2, -0.15) is 10.4 Å². The van der Waals surface area contributed by atoms with E-state index in [-0.39, 0.29) is 0 Å². The van der Waals surface area contributed by atoms with Crippen LogP contribution in [0.2, 0.25) is 0 Å². The van der Waals surface area contributed by atoms with Gasteiger partial charge in [-0.3, -0.25) is 4.68 Å². The van der Waals surface area contributed by atoms with Gasteiger partial charge >= 0.3 is 0 Å². The number of hydrogen-bond donors (Lipinski definition) is 0. The first-order valence-corrected chi connectivity index (χ1v) is 6.83. The molecule has 0 spiro atoms. The van der Waals surface area contributed by atoms with Crippen LogP contribution in [0.15, 0.2) is 35.2 Å². The Hall–Kier alpha value is -1.87. The van der Waals surface area contributed by atoms with Crippen molar-refractivity contribution in [3.8, 4) is 6.07 Å². The Bertz CT molecular complexity index is 607. The first-order chi connectivity index (χ1) is 9.24. The van der Waals surface area contributed by atoms with Gasteiger partial charge in [-0.25, -0.2) is 4.98 Å². The van der Waals surface area contributed by atoms with Crippen molar-refractivity contribution in [3.63, 3.8) is 0 Å². The van der Waals surface area contributed by atoms with Gasteiger partial charge in [0.2, 0.25) is 0 Å². The highest BCUT2D eigenvalue weighted by Gasteiger charge is 2.28. The van der Waals surface area contributed by atoms with E-state index in [9.17, 15) is 0 Å². The highest BCUT2D eigenvalue weighted by Crippen LogP contribution is 2.24. The number of nitriles is 1. The van der Waals surface area contributed by atoms with Crippen LogP contribution in [0.5, 0.6) is 0 Å². The first-order valence-electron chi connectivity index (χ1n) is 6.03. The largest absolute Gasteiger partial charge is 0.356 e. The lowest BCUT2D eigenvalue weighted by molar-refractivity contribution is 0.340. The molecule has 1 fully saturated rings. The van der Waals surface area contributed by atoms with Gasteiger partial charge < -0.3 is 4.90 Å².